The number of rotatable bonds is 4. The van der Waals surface area contributed by atoms with Gasteiger partial charge < -0.3 is 19.7 Å². The second-order valence-corrected chi connectivity index (χ2v) is 3.95. The van der Waals surface area contributed by atoms with Crippen LogP contribution in [0.4, 0.5) is 0 Å². The number of carbonyl (C=O) groups excluding carboxylic acids is 1. The van der Waals surface area contributed by atoms with Crippen molar-refractivity contribution in [2.24, 2.45) is 0 Å². The summed E-state index contributed by atoms with van der Waals surface area (Å²) in [5.41, 5.74) is -1.37. The maximum atomic E-state index is 11.6. The van der Waals surface area contributed by atoms with Crippen molar-refractivity contribution in [3.63, 3.8) is 0 Å². The van der Waals surface area contributed by atoms with Gasteiger partial charge in [0.15, 0.2) is 12.3 Å². The van der Waals surface area contributed by atoms with Gasteiger partial charge in [-0.25, -0.2) is 4.79 Å². The molecule has 2 rings (SSSR count). The average Bonchev–Trinajstić information content (AvgIpc) is 2.68. The first kappa shape index (κ1) is 13.5. The third kappa shape index (κ3) is 2.43. The lowest BCUT2D eigenvalue weighted by Crippen LogP contribution is -2.38. The third-order valence-electron chi connectivity index (χ3n) is 2.83. The highest BCUT2D eigenvalue weighted by Crippen LogP contribution is 2.29. The number of aliphatic hydroxyl groups is 2. The Hall–Kier alpha value is -1.97. The number of nitrogens with zero attached hydrogens (tertiary/aromatic N) is 1. The highest BCUT2D eigenvalue weighted by molar-refractivity contribution is 5.38. The molecule has 9 heteroatoms. The summed E-state index contributed by atoms with van der Waals surface area (Å²) >= 11 is 0. The van der Waals surface area contributed by atoms with E-state index in [-0.39, 0.29) is 6.47 Å². The Morgan fingerprint density at radius 3 is 2.84 bits per heavy atom. The lowest BCUT2D eigenvalue weighted by Gasteiger charge is -2.17. The lowest BCUT2D eigenvalue weighted by molar-refractivity contribution is -0.140. The van der Waals surface area contributed by atoms with Crippen LogP contribution in [0.1, 0.15) is 6.23 Å². The van der Waals surface area contributed by atoms with Crippen LogP contribution in [0.2, 0.25) is 0 Å². The summed E-state index contributed by atoms with van der Waals surface area (Å²) in [6.07, 6.45) is -3.40. The zero-order valence-electron chi connectivity index (χ0n) is 9.63. The normalized spacial score (nSPS) is 30.2. The van der Waals surface area contributed by atoms with E-state index in [2.05, 4.69) is 4.74 Å². The molecule has 0 radical (unpaired) electrons. The predicted molar refractivity (Wildman–Crippen MR) is 59.3 cm³/mol. The first-order valence-electron chi connectivity index (χ1n) is 5.43. The molecular formula is C10H12N2O7. The van der Waals surface area contributed by atoms with Gasteiger partial charge in [-0.15, -0.1) is 0 Å². The monoisotopic (exact) mass is 272 g/mol. The first-order chi connectivity index (χ1) is 9.08. The molecule has 0 amide bonds. The minimum absolute atomic E-state index is 0.123. The van der Waals surface area contributed by atoms with Gasteiger partial charge >= 0.3 is 5.69 Å². The maximum Gasteiger partial charge on any atom is 0.330 e. The van der Waals surface area contributed by atoms with Crippen LogP contribution in [0.5, 0.6) is 0 Å². The van der Waals surface area contributed by atoms with E-state index in [1.807, 2.05) is 4.98 Å². The molecule has 1 aromatic rings. The van der Waals surface area contributed by atoms with Gasteiger partial charge in [0.05, 0.1) is 6.61 Å². The smallest absolute Gasteiger partial charge is 0.330 e. The highest BCUT2D eigenvalue weighted by Gasteiger charge is 2.46. The van der Waals surface area contributed by atoms with E-state index in [1.54, 1.807) is 0 Å². The Bertz CT molecular complexity index is 565. The number of hydrogen-bond donors (Lipinski definition) is 3. The van der Waals surface area contributed by atoms with Crippen molar-refractivity contribution in [1.82, 2.24) is 9.55 Å². The van der Waals surface area contributed by atoms with Crippen LogP contribution < -0.4 is 11.2 Å². The zero-order chi connectivity index (χ0) is 14.0. The molecule has 1 aliphatic rings. The number of hydrogen-bond acceptors (Lipinski definition) is 7. The molecule has 1 aromatic heterocycles. The fourth-order valence-electron chi connectivity index (χ4n) is 1.96. The summed E-state index contributed by atoms with van der Waals surface area (Å²) in [7, 11) is 0. The maximum absolute atomic E-state index is 11.6. The molecular weight excluding hydrogens is 260 g/mol. The molecule has 19 heavy (non-hydrogen) atoms. The standard InChI is InChI=1S/C10H12N2O7/c13-3-5-8(18-4-14)7(16)9(19-5)12-2-1-6(15)11-10(12)17/h1-2,4-5,7-9,13,16H,3H2,(H,11,15,17)/t5-,7-,8-,9-/m1/s1. The zero-order valence-corrected chi connectivity index (χ0v) is 9.63. The first-order valence-corrected chi connectivity index (χ1v) is 5.43. The van der Waals surface area contributed by atoms with E-state index < -0.39 is 42.4 Å². The lowest BCUT2D eigenvalue weighted by atomic mass is 10.1. The summed E-state index contributed by atoms with van der Waals surface area (Å²) in [4.78, 5) is 34.9. The molecule has 3 N–H and O–H groups in total. The van der Waals surface area contributed by atoms with Crippen molar-refractivity contribution >= 4 is 6.47 Å². The van der Waals surface area contributed by atoms with Gasteiger partial charge in [0.1, 0.15) is 12.2 Å². The SMILES string of the molecule is O=CO[C@H]1[C@@H](O)[C@H](n2ccc(=O)[nH]c2=O)O[C@@H]1CO. The highest BCUT2D eigenvalue weighted by atomic mass is 16.6. The predicted octanol–water partition coefficient (Wildman–Crippen LogP) is -2.67. The van der Waals surface area contributed by atoms with Crippen LogP contribution in [0.3, 0.4) is 0 Å². The Kier molecular flexibility index (Phi) is 3.79. The van der Waals surface area contributed by atoms with E-state index in [0.29, 0.717) is 0 Å². The second kappa shape index (κ2) is 5.34. The summed E-state index contributed by atoms with van der Waals surface area (Å²) < 4.78 is 10.8. The molecule has 1 fully saturated rings. The number of nitrogens with one attached hydrogen (secondary N) is 1. The minimum Gasteiger partial charge on any atom is -0.459 e. The van der Waals surface area contributed by atoms with Crippen molar-refractivity contribution < 1.29 is 24.5 Å². The van der Waals surface area contributed by atoms with Gasteiger partial charge in [-0.05, 0) is 0 Å². The molecule has 104 valence electrons. The van der Waals surface area contributed by atoms with E-state index in [0.717, 1.165) is 16.8 Å². The second-order valence-electron chi connectivity index (χ2n) is 3.95. The van der Waals surface area contributed by atoms with Gasteiger partial charge in [-0.3, -0.25) is 19.1 Å². The molecule has 0 unspecified atom stereocenters. The summed E-state index contributed by atoms with van der Waals surface area (Å²) in [6, 6.07) is 1.08. The summed E-state index contributed by atoms with van der Waals surface area (Å²) in [5, 5.41) is 19.0. The van der Waals surface area contributed by atoms with Crippen LogP contribution >= 0.6 is 0 Å². The molecule has 0 bridgehead atoms. The largest absolute Gasteiger partial charge is 0.459 e. The van der Waals surface area contributed by atoms with Crippen LogP contribution in [0.15, 0.2) is 21.9 Å². The van der Waals surface area contributed by atoms with Crippen molar-refractivity contribution in [2.75, 3.05) is 6.61 Å². The number of H-pyrrole nitrogens is 1. The van der Waals surface area contributed by atoms with Crippen LogP contribution in [0, 0.1) is 0 Å². The van der Waals surface area contributed by atoms with Crippen LogP contribution in [0.25, 0.3) is 0 Å². The number of aromatic nitrogens is 2. The number of carbonyl (C=O) groups is 1. The van der Waals surface area contributed by atoms with Gasteiger partial charge in [0.25, 0.3) is 12.0 Å². The van der Waals surface area contributed by atoms with Crippen LogP contribution in [-0.2, 0) is 14.3 Å². The van der Waals surface area contributed by atoms with E-state index in [9.17, 15) is 19.5 Å². The Balaban J connectivity index is 2.33. The molecule has 0 saturated carbocycles. The van der Waals surface area contributed by atoms with Crippen molar-refractivity contribution in [2.45, 2.75) is 24.5 Å². The number of aromatic amines is 1. The van der Waals surface area contributed by atoms with Crippen molar-refractivity contribution in [3.8, 4) is 0 Å². The molecule has 0 spiro atoms. The topological polar surface area (TPSA) is 131 Å². The van der Waals surface area contributed by atoms with Gasteiger partial charge in [0.2, 0.25) is 0 Å². The van der Waals surface area contributed by atoms with E-state index in [4.69, 9.17) is 9.84 Å². The molecule has 1 aliphatic heterocycles. The van der Waals surface area contributed by atoms with E-state index in [1.165, 1.54) is 0 Å². The average molecular weight is 272 g/mol. The van der Waals surface area contributed by atoms with E-state index >= 15 is 0 Å². The van der Waals surface area contributed by atoms with Gasteiger partial charge in [-0.2, -0.15) is 0 Å². The molecule has 2 heterocycles. The fourth-order valence-corrected chi connectivity index (χ4v) is 1.96. The quantitative estimate of drug-likeness (QED) is 0.509. The minimum atomic E-state index is -1.34. The summed E-state index contributed by atoms with van der Waals surface area (Å²) in [6.45, 7) is -0.373. The van der Waals surface area contributed by atoms with Gasteiger partial charge in [-0.1, -0.05) is 0 Å². The molecule has 0 aromatic carbocycles. The van der Waals surface area contributed by atoms with Crippen LogP contribution in [-0.4, -0.2) is 51.2 Å². The van der Waals surface area contributed by atoms with Crippen molar-refractivity contribution in [1.29, 1.82) is 0 Å². The Morgan fingerprint density at radius 1 is 1.53 bits per heavy atom. The Morgan fingerprint density at radius 2 is 2.26 bits per heavy atom. The Labute approximate surface area is 106 Å². The molecule has 1 saturated heterocycles. The number of aliphatic hydroxyl groups excluding tert-OH is 2. The van der Waals surface area contributed by atoms with Gasteiger partial charge in [0, 0.05) is 12.3 Å². The molecule has 9 nitrogen and oxygen atoms in total. The molecule has 0 aliphatic carbocycles. The fraction of sp³-hybridized carbons (Fsp3) is 0.500. The van der Waals surface area contributed by atoms with Crippen molar-refractivity contribution in [3.05, 3.63) is 33.1 Å². The number of ether oxygens (including phenoxy) is 2. The summed E-state index contributed by atoms with van der Waals surface area (Å²) in [5.74, 6) is 0. The molecule has 4 atom stereocenters. The third-order valence-corrected chi connectivity index (χ3v) is 2.83.